The van der Waals surface area contributed by atoms with Gasteiger partial charge in [0.2, 0.25) is 0 Å². The molecule has 1 fully saturated rings. The van der Waals surface area contributed by atoms with Crippen molar-refractivity contribution < 1.29 is 14.3 Å². The molecule has 9 heteroatoms. The monoisotopic (exact) mass is 386 g/mol. The van der Waals surface area contributed by atoms with E-state index in [1.165, 1.54) is 0 Å². The van der Waals surface area contributed by atoms with Crippen LogP contribution in [0.15, 0.2) is 36.5 Å². The number of benzene rings is 1. The van der Waals surface area contributed by atoms with E-state index < -0.39 is 0 Å². The predicted molar refractivity (Wildman–Crippen MR) is 107 cm³/mol. The Morgan fingerprint density at radius 3 is 2.64 bits per heavy atom. The third kappa shape index (κ3) is 4.54. The number of ether oxygens (including phenoxy) is 1. The first-order chi connectivity index (χ1) is 13.6. The molecule has 1 aromatic carbocycles. The highest BCUT2D eigenvalue weighted by Gasteiger charge is 2.25. The lowest BCUT2D eigenvalue weighted by Crippen LogP contribution is -2.44. The van der Waals surface area contributed by atoms with E-state index in [1.807, 2.05) is 28.6 Å². The van der Waals surface area contributed by atoms with Crippen LogP contribution in [-0.4, -0.2) is 53.5 Å². The number of amides is 4. The van der Waals surface area contributed by atoms with Crippen LogP contribution in [0.2, 0.25) is 0 Å². The van der Waals surface area contributed by atoms with E-state index in [0.29, 0.717) is 36.9 Å². The van der Waals surface area contributed by atoms with E-state index >= 15 is 0 Å². The van der Waals surface area contributed by atoms with Crippen molar-refractivity contribution in [2.45, 2.75) is 25.8 Å². The molecule has 28 heavy (non-hydrogen) atoms. The number of methoxy groups -OCH3 is 1. The van der Waals surface area contributed by atoms with E-state index in [0.717, 1.165) is 12.8 Å². The van der Waals surface area contributed by atoms with Crippen molar-refractivity contribution >= 4 is 23.6 Å². The first kappa shape index (κ1) is 19.5. The van der Waals surface area contributed by atoms with Gasteiger partial charge in [-0.2, -0.15) is 5.10 Å². The highest BCUT2D eigenvalue weighted by Crippen LogP contribution is 2.26. The summed E-state index contributed by atoms with van der Waals surface area (Å²) in [5.74, 6) is 1.20. The number of carbonyl (C=O) groups excluding carboxylic acids is 2. The molecule has 0 aliphatic carbocycles. The molecular formula is C19H26N6O3. The molecule has 1 aromatic heterocycles. The van der Waals surface area contributed by atoms with Crippen molar-refractivity contribution in [2.24, 2.45) is 0 Å². The topological polar surface area (TPSA) is 101 Å². The van der Waals surface area contributed by atoms with Gasteiger partial charge < -0.3 is 20.3 Å². The van der Waals surface area contributed by atoms with Crippen LogP contribution in [0.4, 0.5) is 21.1 Å². The molecule has 1 aliphatic heterocycles. The summed E-state index contributed by atoms with van der Waals surface area (Å²) in [7, 11) is 1.56. The van der Waals surface area contributed by atoms with Crippen molar-refractivity contribution in [1.29, 1.82) is 0 Å². The Bertz CT molecular complexity index is 814. The Morgan fingerprint density at radius 1 is 1.18 bits per heavy atom. The molecule has 4 amide bonds. The normalized spacial score (nSPS) is 14.4. The summed E-state index contributed by atoms with van der Waals surface area (Å²) >= 11 is 0. The molecule has 0 atom stereocenters. The number of rotatable bonds is 5. The van der Waals surface area contributed by atoms with Gasteiger partial charge in [0, 0.05) is 25.7 Å². The highest BCUT2D eigenvalue weighted by molar-refractivity contribution is 6.00. The molecule has 1 saturated heterocycles. The van der Waals surface area contributed by atoms with Crippen LogP contribution in [-0.2, 0) is 0 Å². The van der Waals surface area contributed by atoms with Gasteiger partial charge in [0.1, 0.15) is 11.6 Å². The van der Waals surface area contributed by atoms with Gasteiger partial charge in [-0.3, -0.25) is 5.32 Å². The molecule has 0 bridgehead atoms. The molecule has 3 N–H and O–H groups in total. The first-order valence-electron chi connectivity index (χ1n) is 9.39. The van der Waals surface area contributed by atoms with Gasteiger partial charge in [0.15, 0.2) is 0 Å². The predicted octanol–water partition coefficient (Wildman–Crippen LogP) is 2.90. The minimum Gasteiger partial charge on any atom is -0.495 e. The van der Waals surface area contributed by atoms with E-state index in [2.05, 4.69) is 21.0 Å². The number of hydrogen-bond donors (Lipinski definition) is 3. The third-order valence-electron chi connectivity index (χ3n) is 4.69. The summed E-state index contributed by atoms with van der Waals surface area (Å²) in [4.78, 5) is 26.2. The molecule has 9 nitrogen and oxygen atoms in total. The van der Waals surface area contributed by atoms with Gasteiger partial charge in [0.05, 0.1) is 25.0 Å². The highest BCUT2D eigenvalue weighted by atomic mass is 16.5. The van der Waals surface area contributed by atoms with Crippen LogP contribution >= 0.6 is 0 Å². The Kier molecular flexibility index (Phi) is 6.36. The van der Waals surface area contributed by atoms with Crippen LogP contribution in [0.3, 0.4) is 0 Å². The smallest absolute Gasteiger partial charge is 0.324 e. The van der Waals surface area contributed by atoms with Crippen LogP contribution in [0.1, 0.15) is 25.8 Å². The van der Waals surface area contributed by atoms with Gasteiger partial charge in [-0.15, -0.1) is 0 Å². The number of nitrogens with one attached hydrogen (secondary N) is 3. The van der Waals surface area contributed by atoms with Gasteiger partial charge in [-0.25, -0.2) is 14.3 Å². The summed E-state index contributed by atoms with van der Waals surface area (Å²) in [6.45, 7) is 3.84. The molecule has 2 aromatic rings. The van der Waals surface area contributed by atoms with Crippen molar-refractivity contribution in [2.75, 3.05) is 37.4 Å². The molecule has 1 aliphatic rings. The maximum absolute atomic E-state index is 12.4. The zero-order valence-corrected chi connectivity index (χ0v) is 16.1. The molecule has 0 saturated carbocycles. The molecule has 0 unspecified atom stereocenters. The lowest BCUT2D eigenvalue weighted by molar-refractivity contribution is 0.169. The van der Waals surface area contributed by atoms with Crippen LogP contribution in [0.5, 0.6) is 5.75 Å². The number of anilines is 2. The summed E-state index contributed by atoms with van der Waals surface area (Å²) in [6, 6.07) is 8.70. The average Bonchev–Trinajstić information content (AvgIpc) is 3.16. The average molecular weight is 386 g/mol. The summed E-state index contributed by atoms with van der Waals surface area (Å²) < 4.78 is 7.07. The minimum atomic E-state index is -0.369. The zero-order chi connectivity index (χ0) is 19.9. The number of aromatic nitrogens is 2. The lowest BCUT2D eigenvalue weighted by atomic mass is 10.1. The Labute approximate surface area is 164 Å². The Morgan fingerprint density at radius 2 is 1.93 bits per heavy atom. The fourth-order valence-corrected chi connectivity index (χ4v) is 3.30. The second-order valence-corrected chi connectivity index (χ2v) is 6.49. The maximum atomic E-state index is 12.4. The number of piperidine rings is 1. The quantitative estimate of drug-likeness (QED) is 0.735. The second kappa shape index (κ2) is 9.12. The van der Waals surface area contributed by atoms with Gasteiger partial charge in [0.25, 0.3) is 0 Å². The van der Waals surface area contributed by atoms with Crippen LogP contribution in [0.25, 0.3) is 0 Å². The van der Waals surface area contributed by atoms with E-state index in [1.54, 1.807) is 31.5 Å². The number of hydrogen-bond acceptors (Lipinski definition) is 4. The molecule has 2 heterocycles. The van der Waals surface area contributed by atoms with Crippen molar-refractivity contribution in [1.82, 2.24) is 20.0 Å². The SMILES string of the molecule is CCNC(=O)N1CCC(n2nccc2NC(=O)Nc2ccccc2OC)CC1. The fraction of sp³-hybridized carbons (Fsp3) is 0.421. The number of urea groups is 2. The third-order valence-corrected chi connectivity index (χ3v) is 4.69. The summed E-state index contributed by atoms with van der Waals surface area (Å²) in [5, 5.41) is 12.8. The number of likely N-dealkylation sites (tertiary alicyclic amines) is 1. The summed E-state index contributed by atoms with van der Waals surface area (Å²) in [5.41, 5.74) is 0.587. The second-order valence-electron chi connectivity index (χ2n) is 6.49. The molecule has 0 radical (unpaired) electrons. The molecule has 0 spiro atoms. The summed E-state index contributed by atoms with van der Waals surface area (Å²) in [6.07, 6.45) is 3.22. The number of carbonyl (C=O) groups is 2. The standard InChI is InChI=1S/C19H26N6O3/c1-3-20-19(27)24-12-9-14(10-13-24)25-17(8-11-21-25)23-18(26)22-15-6-4-5-7-16(15)28-2/h4-8,11,14H,3,9-10,12-13H2,1-2H3,(H,20,27)(H2,22,23,26). The largest absolute Gasteiger partial charge is 0.495 e. The van der Waals surface area contributed by atoms with Crippen molar-refractivity contribution in [3.05, 3.63) is 36.5 Å². The van der Waals surface area contributed by atoms with E-state index in [4.69, 9.17) is 4.74 Å². The lowest BCUT2D eigenvalue weighted by Gasteiger charge is -2.32. The zero-order valence-electron chi connectivity index (χ0n) is 16.1. The van der Waals surface area contributed by atoms with Crippen molar-refractivity contribution in [3.8, 4) is 5.75 Å². The maximum Gasteiger partial charge on any atom is 0.324 e. The van der Waals surface area contributed by atoms with Crippen LogP contribution in [0, 0.1) is 0 Å². The Balaban J connectivity index is 1.60. The van der Waals surface area contributed by atoms with E-state index in [9.17, 15) is 9.59 Å². The molecular weight excluding hydrogens is 360 g/mol. The van der Waals surface area contributed by atoms with Crippen molar-refractivity contribution in [3.63, 3.8) is 0 Å². The molecule has 3 rings (SSSR count). The van der Waals surface area contributed by atoms with Gasteiger partial charge in [-0.05, 0) is 31.9 Å². The number of nitrogens with zero attached hydrogens (tertiary/aromatic N) is 3. The first-order valence-corrected chi connectivity index (χ1v) is 9.39. The minimum absolute atomic E-state index is 0.0315. The van der Waals surface area contributed by atoms with Crippen LogP contribution < -0.4 is 20.7 Å². The van der Waals surface area contributed by atoms with Gasteiger partial charge in [-0.1, -0.05) is 12.1 Å². The number of para-hydroxylation sites is 2. The van der Waals surface area contributed by atoms with Gasteiger partial charge >= 0.3 is 12.1 Å². The fourth-order valence-electron chi connectivity index (χ4n) is 3.30. The van der Waals surface area contributed by atoms with E-state index in [-0.39, 0.29) is 18.1 Å². The molecule has 150 valence electrons. The Hall–Kier alpha value is -3.23.